The van der Waals surface area contributed by atoms with Crippen molar-refractivity contribution < 1.29 is 18.3 Å². The first-order valence-corrected chi connectivity index (χ1v) is 6.35. The minimum absolute atomic E-state index is 0.0295. The number of carboxylic acid groups (broad SMARTS) is 1. The molecular formula is C12H12O4S. The van der Waals surface area contributed by atoms with E-state index in [1.54, 1.807) is 31.2 Å². The van der Waals surface area contributed by atoms with E-state index in [4.69, 9.17) is 5.11 Å². The molecule has 0 unspecified atom stereocenters. The van der Waals surface area contributed by atoms with Gasteiger partial charge in [-0.2, -0.15) is 0 Å². The van der Waals surface area contributed by atoms with Crippen molar-refractivity contribution in [3.05, 3.63) is 53.5 Å². The smallest absolute Gasteiger partial charge is 0.347 e. The molecular weight excluding hydrogens is 240 g/mol. The molecule has 17 heavy (non-hydrogen) atoms. The molecule has 0 amide bonds. The largest absolute Gasteiger partial charge is 0.477 e. The molecule has 4 nitrogen and oxygen atoms in total. The Hall–Kier alpha value is -1.88. The van der Waals surface area contributed by atoms with Gasteiger partial charge in [-0.15, -0.1) is 0 Å². The highest BCUT2D eigenvalue weighted by Gasteiger charge is 2.25. The van der Waals surface area contributed by atoms with Crippen molar-refractivity contribution in [2.45, 2.75) is 11.8 Å². The van der Waals surface area contributed by atoms with Gasteiger partial charge in [-0.25, -0.2) is 13.2 Å². The van der Waals surface area contributed by atoms with Crippen LogP contribution in [0.2, 0.25) is 0 Å². The van der Waals surface area contributed by atoms with Gasteiger partial charge in [0, 0.05) is 0 Å². The van der Waals surface area contributed by atoms with Crippen molar-refractivity contribution in [2.75, 3.05) is 0 Å². The molecule has 0 aliphatic rings. The summed E-state index contributed by atoms with van der Waals surface area (Å²) in [6.07, 6.45) is 4.01. The molecule has 1 aromatic carbocycles. The Labute approximate surface area is 99.8 Å². The number of hydrogen-bond donors (Lipinski definition) is 1. The molecule has 0 aliphatic heterocycles. The topological polar surface area (TPSA) is 71.4 Å². The normalized spacial score (nSPS) is 12.9. The van der Waals surface area contributed by atoms with Gasteiger partial charge >= 0.3 is 5.97 Å². The average molecular weight is 252 g/mol. The summed E-state index contributed by atoms with van der Waals surface area (Å²) < 4.78 is 24.0. The summed E-state index contributed by atoms with van der Waals surface area (Å²) in [7, 11) is -3.96. The third kappa shape index (κ3) is 3.04. The Morgan fingerprint density at radius 2 is 1.82 bits per heavy atom. The lowest BCUT2D eigenvalue weighted by molar-refractivity contribution is -0.131. The average Bonchev–Trinajstić information content (AvgIpc) is 2.30. The third-order valence-electron chi connectivity index (χ3n) is 1.99. The molecule has 1 rings (SSSR count). The maximum Gasteiger partial charge on any atom is 0.347 e. The van der Waals surface area contributed by atoms with Crippen LogP contribution in [-0.2, 0) is 14.6 Å². The van der Waals surface area contributed by atoms with Crippen molar-refractivity contribution in [1.82, 2.24) is 0 Å². The number of aliphatic carboxylic acids is 1. The van der Waals surface area contributed by atoms with Crippen molar-refractivity contribution in [2.24, 2.45) is 0 Å². The number of sulfone groups is 1. The van der Waals surface area contributed by atoms with E-state index in [9.17, 15) is 13.2 Å². The van der Waals surface area contributed by atoms with Gasteiger partial charge in [0.2, 0.25) is 9.84 Å². The predicted molar refractivity (Wildman–Crippen MR) is 64.2 cm³/mol. The molecule has 0 aromatic heterocycles. The molecule has 0 fully saturated rings. The van der Waals surface area contributed by atoms with E-state index >= 15 is 0 Å². The maximum absolute atomic E-state index is 12.0. The van der Waals surface area contributed by atoms with Crippen LogP contribution in [0.3, 0.4) is 0 Å². The Bertz CT molecular complexity index is 553. The summed E-state index contributed by atoms with van der Waals surface area (Å²) in [5.41, 5.74) is 0. The fraction of sp³-hybridized carbons (Fsp3) is 0.0833. The van der Waals surface area contributed by atoms with Gasteiger partial charge in [0.05, 0.1) is 4.90 Å². The van der Waals surface area contributed by atoms with Crippen LogP contribution in [0.25, 0.3) is 0 Å². The molecule has 1 N–H and O–H groups in total. The zero-order valence-corrected chi connectivity index (χ0v) is 10.0. The van der Waals surface area contributed by atoms with Gasteiger partial charge in [0.1, 0.15) is 0 Å². The molecule has 90 valence electrons. The van der Waals surface area contributed by atoms with E-state index in [0.717, 1.165) is 6.08 Å². The molecule has 0 atom stereocenters. The first-order valence-electron chi connectivity index (χ1n) is 4.86. The highest BCUT2D eigenvalue weighted by atomic mass is 32.2. The summed E-state index contributed by atoms with van der Waals surface area (Å²) in [5, 5.41) is 8.92. The Morgan fingerprint density at radius 3 is 2.29 bits per heavy atom. The highest BCUT2D eigenvalue weighted by Crippen LogP contribution is 2.19. The van der Waals surface area contributed by atoms with Gasteiger partial charge in [-0.3, -0.25) is 0 Å². The molecule has 0 heterocycles. The number of carboxylic acids is 1. The van der Waals surface area contributed by atoms with Gasteiger partial charge < -0.3 is 5.11 Å². The van der Waals surface area contributed by atoms with Crippen molar-refractivity contribution in [1.29, 1.82) is 0 Å². The Kier molecular flexibility index (Phi) is 4.23. The number of allylic oxidation sites excluding steroid dienone is 3. The zero-order valence-electron chi connectivity index (χ0n) is 9.20. The zero-order chi connectivity index (χ0) is 12.9. The van der Waals surface area contributed by atoms with Gasteiger partial charge in [0.25, 0.3) is 0 Å². The second-order valence-electron chi connectivity index (χ2n) is 3.18. The lowest BCUT2D eigenvalue weighted by Gasteiger charge is -2.03. The SMILES string of the molecule is CC=CC=C(C(=O)O)S(=O)(=O)c1ccccc1. The van der Waals surface area contributed by atoms with Crippen molar-refractivity contribution >= 4 is 15.8 Å². The Morgan fingerprint density at radius 1 is 1.24 bits per heavy atom. The summed E-state index contributed by atoms with van der Waals surface area (Å²) in [4.78, 5) is 10.3. The van der Waals surface area contributed by atoms with Gasteiger partial charge in [-0.05, 0) is 25.1 Å². The standard InChI is InChI=1S/C12H12O4S/c1-2-3-9-11(12(13)14)17(15,16)10-7-5-4-6-8-10/h2-9H,1H3,(H,13,14). The summed E-state index contributed by atoms with van der Waals surface area (Å²) in [5.74, 6) is -1.47. The van der Waals surface area contributed by atoms with E-state index in [0.29, 0.717) is 0 Å². The minimum atomic E-state index is -3.96. The fourth-order valence-electron chi connectivity index (χ4n) is 1.19. The first-order chi connectivity index (χ1) is 8.00. The molecule has 0 bridgehead atoms. The quantitative estimate of drug-likeness (QED) is 0.657. The van der Waals surface area contributed by atoms with Crippen LogP contribution in [0.15, 0.2) is 58.4 Å². The molecule has 5 heteroatoms. The molecule has 0 saturated carbocycles. The van der Waals surface area contributed by atoms with E-state index in [1.807, 2.05) is 0 Å². The van der Waals surface area contributed by atoms with E-state index in [2.05, 4.69) is 0 Å². The van der Waals surface area contributed by atoms with Crippen LogP contribution < -0.4 is 0 Å². The monoisotopic (exact) mass is 252 g/mol. The second kappa shape index (κ2) is 5.45. The molecule has 0 saturated heterocycles. The van der Waals surface area contributed by atoms with Crippen LogP contribution in [-0.4, -0.2) is 19.5 Å². The summed E-state index contributed by atoms with van der Waals surface area (Å²) in [6, 6.07) is 7.47. The molecule has 0 aliphatic carbocycles. The fourth-order valence-corrected chi connectivity index (χ4v) is 2.44. The highest BCUT2D eigenvalue weighted by molar-refractivity contribution is 7.96. The van der Waals surface area contributed by atoms with Crippen LogP contribution in [0.4, 0.5) is 0 Å². The number of carbonyl (C=O) groups is 1. The molecule has 1 aromatic rings. The number of benzene rings is 1. The molecule has 0 spiro atoms. The van der Waals surface area contributed by atoms with Crippen molar-refractivity contribution in [3.8, 4) is 0 Å². The predicted octanol–water partition coefficient (Wildman–Crippen LogP) is 2.00. The summed E-state index contributed by atoms with van der Waals surface area (Å²) in [6.45, 7) is 1.67. The number of hydrogen-bond acceptors (Lipinski definition) is 3. The van der Waals surface area contributed by atoms with Crippen LogP contribution >= 0.6 is 0 Å². The van der Waals surface area contributed by atoms with Crippen molar-refractivity contribution in [3.63, 3.8) is 0 Å². The second-order valence-corrected chi connectivity index (χ2v) is 5.10. The maximum atomic E-state index is 12.0. The van der Waals surface area contributed by atoms with E-state index < -0.39 is 20.7 Å². The van der Waals surface area contributed by atoms with Gasteiger partial charge in [-0.1, -0.05) is 30.4 Å². The van der Waals surface area contributed by atoms with Crippen LogP contribution in [0, 0.1) is 0 Å². The minimum Gasteiger partial charge on any atom is -0.477 e. The third-order valence-corrected chi connectivity index (χ3v) is 3.78. The lowest BCUT2D eigenvalue weighted by atomic mass is 10.4. The number of rotatable bonds is 4. The van der Waals surface area contributed by atoms with Crippen LogP contribution in [0.1, 0.15) is 6.92 Å². The Balaban J connectivity index is 3.34. The van der Waals surface area contributed by atoms with E-state index in [-0.39, 0.29) is 4.90 Å². The summed E-state index contributed by atoms with van der Waals surface area (Å²) >= 11 is 0. The van der Waals surface area contributed by atoms with Gasteiger partial charge in [0.15, 0.2) is 4.91 Å². The van der Waals surface area contributed by atoms with Crippen LogP contribution in [0.5, 0.6) is 0 Å². The first kappa shape index (κ1) is 13.2. The molecule has 0 radical (unpaired) electrons. The van der Waals surface area contributed by atoms with E-state index in [1.165, 1.54) is 18.2 Å². The lowest BCUT2D eigenvalue weighted by Crippen LogP contribution is -2.13.